The van der Waals surface area contributed by atoms with E-state index in [1.165, 1.54) is 6.07 Å². The number of nitrogens with one attached hydrogen (secondary N) is 2. The number of hydrogen-bond donors (Lipinski definition) is 2. The number of hydrogen-bond acceptors (Lipinski definition) is 12. The van der Waals surface area contributed by atoms with E-state index in [1.807, 2.05) is 48.5 Å². The molecule has 2 aromatic heterocycles. The van der Waals surface area contributed by atoms with E-state index in [1.54, 1.807) is 19.3 Å². The summed E-state index contributed by atoms with van der Waals surface area (Å²) < 4.78 is 32.2. The minimum absolute atomic E-state index is 0.00320. The first kappa shape index (κ1) is 34.6. The summed E-state index contributed by atoms with van der Waals surface area (Å²) in [4.78, 5) is 63.5. The Bertz CT molecular complexity index is 2290. The Morgan fingerprint density at radius 3 is 2.11 bits per heavy atom. The highest BCUT2D eigenvalue weighted by Gasteiger charge is 2.45. The number of amides is 4. The molecule has 274 valence electrons. The van der Waals surface area contributed by atoms with Gasteiger partial charge >= 0.3 is 0 Å². The van der Waals surface area contributed by atoms with Crippen LogP contribution >= 0.6 is 0 Å². The van der Waals surface area contributed by atoms with E-state index >= 15 is 4.39 Å². The van der Waals surface area contributed by atoms with Gasteiger partial charge in [-0.15, -0.1) is 0 Å². The molecule has 0 radical (unpaired) electrons. The molecule has 0 bridgehead atoms. The van der Waals surface area contributed by atoms with E-state index in [-0.39, 0.29) is 47.2 Å². The third-order valence-corrected chi connectivity index (χ3v) is 10.0. The molecule has 1 atom stereocenters. The summed E-state index contributed by atoms with van der Waals surface area (Å²) in [6, 6.07) is 16.9. The number of ether oxygens (including phenoxy) is 2. The number of anilines is 1. The number of carbonyl (C=O) groups is 4. The lowest BCUT2D eigenvalue weighted by atomic mass is 9.78. The van der Waals surface area contributed by atoms with Gasteiger partial charge in [0, 0.05) is 37.6 Å². The second kappa shape index (κ2) is 13.5. The van der Waals surface area contributed by atoms with Crippen molar-refractivity contribution in [2.45, 2.75) is 70.1 Å². The molecule has 1 unspecified atom stereocenters. The normalized spacial score (nSPS) is 19.6. The van der Waals surface area contributed by atoms with Gasteiger partial charge in [0.05, 0.1) is 29.2 Å². The quantitative estimate of drug-likeness (QED) is 0.172. The maximum absolute atomic E-state index is 15.1. The molecule has 3 aromatic carbocycles. The lowest BCUT2D eigenvalue weighted by Gasteiger charge is -2.36. The van der Waals surface area contributed by atoms with Crippen molar-refractivity contribution in [3.8, 4) is 28.9 Å². The van der Waals surface area contributed by atoms with Crippen molar-refractivity contribution in [1.82, 2.24) is 30.3 Å². The Labute approximate surface area is 308 Å². The molecule has 0 spiro atoms. The number of rotatable bonds is 10. The van der Waals surface area contributed by atoms with Crippen LogP contribution in [0.25, 0.3) is 11.6 Å². The molecule has 1 saturated heterocycles. The van der Waals surface area contributed by atoms with Gasteiger partial charge in [0.15, 0.2) is 5.75 Å². The third kappa shape index (κ3) is 6.52. The molecule has 2 fully saturated rings. The SMILES string of the molecule is Cc1nc(-c2ncc(Oc3ccc(C(C)(C)c4ccc(O[C@H]5C[C@H](Nc6cc7c(cc6F)C(=O)N(C6CCC(=O)NC6=O)C7=O)C5)cc4)cc3)cn2)no1. The van der Waals surface area contributed by atoms with Crippen LogP contribution in [-0.4, -0.2) is 66.8 Å². The summed E-state index contributed by atoms with van der Waals surface area (Å²) in [7, 11) is 0. The van der Waals surface area contributed by atoms with Crippen LogP contribution in [0.5, 0.6) is 17.2 Å². The minimum atomic E-state index is -1.12. The van der Waals surface area contributed by atoms with Gasteiger partial charge in [-0.3, -0.25) is 29.4 Å². The monoisotopic (exact) mass is 731 g/mol. The van der Waals surface area contributed by atoms with Crippen LogP contribution in [0.2, 0.25) is 0 Å². The van der Waals surface area contributed by atoms with Crippen LogP contribution in [0.4, 0.5) is 10.1 Å². The first-order valence-electron chi connectivity index (χ1n) is 17.4. The van der Waals surface area contributed by atoms with Gasteiger partial charge in [0.25, 0.3) is 11.8 Å². The van der Waals surface area contributed by atoms with Crippen LogP contribution in [0.15, 0.2) is 77.6 Å². The Balaban J connectivity index is 0.842. The third-order valence-electron chi connectivity index (χ3n) is 10.0. The van der Waals surface area contributed by atoms with Gasteiger partial charge in [-0.1, -0.05) is 43.3 Å². The summed E-state index contributed by atoms with van der Waals surface area (Å²) in [5, 5.41) is 9.10. The second-order valence-corrected chi connectivity index (χ2v) is 14.0. The largest absolute Gasteiger partial charge is 0.490 e. The number of fused-ring (bicyclic) bond motifs is 1. The zero-order valence-electron chi connectivity index (χ0n) is 29.5. The maximum atomic E-state index is 15.1. The smallest absolute Gasteiger partial charge is 0.262 e. The fourth-order valence-electron chi connectivity index (χ4n) is 6.86. The Hall–Kier alpha value is -6.51. The zero-order chi connectivity index (χ0) is 37.7. The Morgan fingerprint density at radius 1 is 0.870 bits per heavy atom. The number of carbonyl (C=O) groups excluding carboxylic acids is 4. The number of aromatic nitrogens is 4. The van der Waals surface area contributed by atoms with Crippen LogP contribution in [-0.2, 0) is 15.0 Å². The van der Waals surface area contributed by atoms with Crippen molar-refractivity contribution < 1.29 is 37.6 Å². The average molecular weight is 732 g/mol. The Kier molecular flexibility index (Phi) is 8.63. The molecule has 3 aliphatic rings. The predicted molar refractivity (Wildman–Crippen MR) is 189 cm³/mol. The molecular formula is C39H34FN7O7. The van der Waals surface area contributed by atoms with Gasteiger partial charge < -0.3 is 19.3 Å². The standard InChI is InChI=1S/C39H34FN7O7/c1-20-43-35(46-54-20)34-41-18-27(19-42-34)53-25-10-6-22(7-11-25)39(2,3)21-4-8-24(9-5-21)52-26-14-23(15-26)44-31-17-29-28(16-30(31)40)37(50)47(38(29)51)32-12-13-33(48)45-36(32)49/h4-11,16-19,23,26,32,44H,12-15H2,1-3H3,(H,45,48,49)/t23-,26-,32?. The van der Waals surface area contributed by atoms with Gasteiger partial charge in [-0.25, -0.2) is 14.4 Å². The van der Waals surface area contributed by atoms with Crippen molar-refractivity contribution >= 4 is 29.3 Å². The fourth-order valence-corrected chi connectivity index (χ4v) is 6.86. The summed E-state index contributed by atoms with van der Waals surface area (Å²) in [5.41, 5.74) is 1.86. The summed E-state index contributed by atoms with van der Waals surface area (Å²) in [6.45, 7) is 5.97. The van der Waals surface area contributed by atoms with Crippen LogP contribution in [0.3, 0.4) is 0 Å². The molecule has 54 heavy (non-hydrogen) atoms. The molecule has 2 N–H and O–H groups in total. The van der Waals surface area contributed by atoms with Gasteiger partial charge in [-0.05, 0) is 53.9 Å². The highest BCUT2D eigenvalue weighted by Crippen LogP contribution is 2.37. The summed E-state index contributed by atoms with van der Waals surface area (Å²) in [6.07, 6.45) is 4.24. The lowest BCUT2D eigenvalue weighted by molar-refractivity contribution is -0.136. The van der Waals surface area contributed by atoms with E-state index in [4.69, 9.17) is 14.0 Å². The molecule has 1 aliphatic carbocycles. The van der Waals surface area contributed by atoms with Gasteiger partial charge in [0.1, 0.15) is 29.5 Å². The minimum Gasteiger partial charge on any atom is -0.490 e. The van der Waals surface area contributed by atoms with E-state index in [0.717, 1.165) is 22.1 Å². The van der Waals surface area contributed by atoms with Gasteiger partial charge in [0.2, 0.25) is 29.4 Å². The first-order chi connectivity index (χ1) is 25.9. The molecule has 1 saturated carbocycles. The number of imide groups is 2. The van der Waals surface area contributed by atoms with Gasteiger partial charge in [-0.2, -0.15) is 4.98 Å². The molecule has 4 heterocycles. The molecule has 14 nitrogen and oxygen atoms in total. The summed E-state index contributed by atoms with van der Waals surface area (Å²) >= 11 is 0. The van der Waals surface area contributed by atoms with Crippen molar-refractivity contribution in [2.24, 2.45) is 0 Å². The van der Waals surface area contributed by atoms with Crippen molar-refractivity contribution in [3.63, 3.8) is 0 Å². The molecule has 5 aromatic rings. The lowest BCUT2D eigenvalue weighted by Crippen LogP contribution is -2.54. The second-order valence-electron chi connectivity index (χ2n) is 14.0. The van der Waals surface area contributed by atoms with E-state index in [9.17, 15) is 19.2 Å². The topological polar surface area (TPSA) is 179 Å². The fraction of sp³-hybridized carbons (Fsp3) is 0.282. The molecule has 2 aliphatic heterocycles. The Morgan fingerprint density at radius 2 is 1.50 bits per heavy atom. The van der Waals surface area contributed by atoms with E-state index in [2.05, 4.69) is 44.6 Å². The number of benzene rings is 3. The summed E-state index contributed by atoms with van der Waals surface area (Å²) in [5.74, 6) is -0.401. The molecule has 4 amide bonds. The first-order valence-corrected chi connectivity index (χ1v) is 17.4. The van der Waals surface area contributed by atoms with Crippen molar-refractivity contribution in [1.29, 1.82) is 0 Å². The van der Waals surface area contributed by atoms with Crippen LogP contribution in [0, 0.1) is 12.7 Å². The molecule has 15 heteroatoms. The number of piperidine rings is 1. The highest BCUT2D eigenvalue weighted by atomic mass is 19.1. The van der Waals surface area contributed by atoms with E-state index in [0.29, 0.717) is 47.6 Å². The average Bonchev–Trinajstić information content (AvgIpc) is 3.68. The van der Waals surface area contributed by atoms with Crippen molar-refractivity contribution in [2.75, 3.05) is 5.32 Å². The van der Waals surface area contributed by atoms with Crippen molar-refractivity contribution in [3.05, 3.63) is 107 Å². The van der Waals surface area contributed by atoms with Crippen LogP contribution < -0.4 is 20.1 Å². The predicted octanol–water partition coefficient (Wildman–Crippen LogP) is 5.52. The molecule has 8 rings (SSSR count). The molecular weight excluding hydrogens is 697 g/mol. The number of aryl methyl sites for hydroxylation is 1. The number of nitrogens with zero attached hydrogens (tertiary/aromatic N) is 5. The maximum Gasteiger partial charge on any atom is 0.262 e. The number of halogens is 1. The van der Waals surface area contributed by atoms with Crippen LogP contribution in [0.1, 0.15) is 77.3 Å². The zero-order valence-corrected chi connectivity index (χ0v) is 29.5. The van der Waals surface area contributed by atoms with E-state index < -0.39 is 35.5 Å². The highest BCUT2D eigenvalue weighted by molar-refractivity contribution is 6.23.